The molecule has 0 radical (unpaired) electrons. The highest BCUT2D eigenvalue weighted by molar-refractivity contribution is 7.92. The van der Waals surface area contributed by atoms with Crippen molar-refractivity contribution in [2.24, 2.45) is 0 Å². The molecule has 12 heteroatoms. The minimum atomic E-state index is -4.11. The quantitative estimate of drug-likeness (QED) is 0.238. The van der Waals surface area contributed by atoms with Crippen molar-refractivity contribution in [2.75, 3.05) is 17.1 Å². The van der Waals surface area contributed by atoms with Crippen LogP contribution in [0.25, 0.3) is 0 Å². The maximum absolute atomic E-state index is 14.8. The van der Waals surface area contributed by atoms with Gasteiger partial charge in [0, 0.05) is 36.7 Å². The molecule has 3 aromatic rings. The van der Waals surface area contributed by atoms with Crippen LogP contribution in [-0.2, 0) is 32.6 Å². The number of halogens is 1. The van der Waals surface area contributed by atoms with Crippen molar-refractivity contribution in [1.29, 1.82) is 0 Å². The second-order valence-corrected chi connectivity index (χ2v) is 11.6. The van der Waals surface area contributed by atoms with Crippen LogP contribution in [0.3, 0.4) is 0 Å². The molecule has 10 nitrogen and oxygen atoms in total. The third kappa shape index (κ3) is 8.58. The number of carbonyl (C=O) groups excluding carboxylic acids is 2. The SMILES string of the molecule is CC[C@H](C)NC(=O)[C@@H](Cc1ccccc1)N(Cc1ccccc1F)C(=O)CN(c1cccc([N+](=O)[O-])c1)S(C)(=O)=O. The van der Waals surface area contributed by atoms with Crippen LogP contribution >= 0.6 is 0 Å². The third-order valence-electron chi connectivity index (χ3n) is 6.58. The van der Waals surface area contributed by atoms with Gasteiger partial charge in [0.15, 0.2) is 0 Å². The Labute approximate surface area is 239 Å². The number of carbonyl (C=O) groups is 2. The van der Waals surface area contributed by atoms with Gasteiger partial charge in [0.1, 0.15) is 18.4 Å². The molecule has 41 heavy (non-hydrogen) atoms. The first kappa shape index (κ1) is 31.2. The molecule has 0 spiro atoms. The Morgan fingerprint density at radius 3 is 2.29 bits per heavy atom. The summed E-state index contributed by atoms with van der Waals surface area (Å²) in [7, 11) is -4.11. The number of non-ortho nitro benzene ring substituents is 1. The highest BCUT2D eigenvalue weighted by Crippen LogP contribution is 2.24. The van der Waals surface area contributed by atoms with Crippen molar-refractivity contribution in [1.82, 2.24) is 10.2 Å². The summed E-state index contributed by atoms with van der Waals surface area (Å²) in [4.78, 5) is 39.4. The highest BCUT2D eigenvalue weighted by atomic mass is 32.2. The van der Waals surface area contributed by atoms with E-state index < -0.39 is 45.2 Å². The molecule has 0 fully saturated rings. The van der Waals surface area contributed by atoms with Crippen LogP contribution in [0.1, 0.15) is 31.4 Å². The zero-order chi connectivity index (χ0) is 30.2. The van der Waals surface area contributed by atoms with Crippen molar-refractivity contribution in [2.45, 2.75) is 45.3 Å². The molecule has 0 heterocycles. The molecule has 0 aromatic heterocycles. The second-order valence-electron chi connectivity index (χ2n) is 9.68. The molecule has 0 saturated carbocycles. The smallest absolute Gasteiger partial charge is 0.271 e. The number of rotatable bonds is 13. The molecule has 0 unspecified atom stereocenters. The maximum Gasteiger partial charge on any atom is 0.271 e. The van der Waals surface area contributed by atoms with Gasteiger partial charge in [-0.2, -0.15) is 0 Å². The Balaban J connectivity index is 2.09. The summed E-state index contributed by atoms with van der Waals surface area (Å²) in [6.07, 6.45) is 1.58. The monoisotopic (exact) mass is 584 g/mol. The lowest BCUT2D eigenvalue weighted by atomic mass is 10.0. The Hall–Kier alpha value is -4.32. The molecule has 2 atom stereocenters. The van der Waals surface area contributed by atoms with E-state index in [1.54, 1.807) is 30.3 Å². The van der Waals surface area contributed by atoms with Crippen molar-refractivity contribution in [3.63, 3.8) is 0 Å². The fourth-order valence-electron chi connectivity index (χ4n) is 4.18. The number of sulfonamides is 1. The standard InChI is InChI=1S/C29H33FN4O6S/c1-4-21(2)31-29(36)27(17-22-11-6-5-7-12-22)32(19-23-13-8-9-16-26(23)30)28(35)20-33(41(3,39)40)24-14-10-15-25(18-24)34(37)38/h5-16,18,21,27H,4,17,19-20H2,1-3H3,(H,31,36)/t21-,27+/m0/s1. The molecular weight excluding hydrogens is 551 g/mol. The number of nitrogens with zero attached hydrogens (tertiary/aromatic N) is 3. The van der Waals surface area contributed by atoms with Gasteiger partial charge in [0.25, 0.3) is 5.69 Å². The molecule has 0 aliphatic rings. The first-order valence-corrected chi connectivity index (χ1v) is 14.8. The second kappa shape index (κ2) is 13.8. The molecule has 218 valence electrons. The minimum absolute atomic E-state index is 0.0823. The number of hydrogen-bond acceptors (Lipinski definition) is 6. The number of anilines is 1. The Kier molecular flexibility index (Phi) is 10.5. The predicted molar refractivity (Wildman–Crippen MR) is 154 cm³/mol. The number of nitrogens with one attached hydrogen (secondary N) is 1. The van der Waals surface area contributed by atoms with Gasteiger partial charge < -0.3 is 10.2 Å². The average molecular weight is 585 g/mol. The van der Waals surface area contributed by atoms with Crippen molar-refractivity contribution >= 4 is 33.2 Å². The maximum atomic E-state index is 14.8. The molecule has 3 rings (SSSR count). The fourth-order valence-corrected chi connectivity index (χ4v) is 5.02. The zero-order valence-corrected chi connectivity index (χ0v) is 23.9. The Morgan fingerprint density at radius 2 is 1.68 bits per heavy atom. The van der Waals surface area contributed by atoms with Gasteiger partial charge in [-0.05, 0) is 31.0 Å². The molecule has 3 aromatic carbocycles. The van der Waals surface area contributed by atoms with Gasteiger partial charge in [-0.15, -0.1) is 0 Å². The number of benzene rings is 3. The van der Waals surface area contributed by atoms with E-state index in [2.05, 4.69) is 5.32 Å². The molecular formula is C29H33FN4O6S. The predicted octanol–water partition coefficient (Wildman–Crippen LogP) is 4.05. The van der Waals surface area contributed by atoms with Crippen LogP contribution in [0, 0.1) is 15.9 Å². The molecule has 1 N–H and O–H groups in total. The van der Waals surface area contributed by atoms with Gasteiger partial charge in [-0.25, -0.2) is 12.8 Å². The van der Waals surface area contributed by atoms with Crippen LogP contribution in [0.4, 0.5) is 15.8 Å². The number of nitro benzene ring substituents is 1. The van der Waals surface area contributed by atoms with Crippen LogP contribution in [0.15, 0.2) is 78.9 Å². The number of hydrogen-bond donors (Lipinski definition) is 1. The van der Waals surface area contributed by atoms with E-state index in [-0.39, 0.29) is 35.9 Å². The van der Waals surface area contributed by atoms with Gasteiger partial charge in [0.2, 0.25) is 21.8 Å². The van der Waals surface area contributed by atoms with Gasteiger partial charge in [0.05, 0.1) is 16.9 Å². The number of amides is 2. The van der Waals surface area contributed by atoms with E-state index in [0.29, 0.717) is 6.42 Å². The summed E-state index contributed by atoms with van der Waals surface area (Å²) in [5, 5.41) is 14.2. The van der Waals surface area contributed by atoms with E-state index in [1.165, 1.54) is 41.3 Å². The normalized spacial score (nSPS) is 12.7. The molecule has 0 aliphatic heterocycles. The molecule has 2 amide bonds. The van der Waals surface area contributed by atoms with Crippen LogP contribution in [-0.4, -0.2) is 54.9 Å². The summed E-state index contributed by atoms with van der Waals surface area (Å²) in [6.45, 7) is 2.62. The van der Waals surface area contributed by atoms with Gasteiger partial charge in [-0.3, -0.25) is 24.0 Å². The van der Waals surface area contributed by atoms with Crippen LogP contribution in [0.2, 0.25) is 0 Å². The number of nitro groups is 1. The van der Waals surface area contributed by atoms with Gasteiger partial charge >= 0.3 is 0 Å². The van der Waals surface area contributed by atoms with E-state index in [9.17, 15) is 32.5 Å². The molecule has 0 saturated heterocycles. The van der Waals surface area contributed by atoms with E-state index in [0.717, 1.165) is 22.2 Å². The first-order valence-electron chi connectivity index (χ1n) is 13.0. The Bertz CT molecular complexity index is 1490. The highest BCUT2D eigenvalue weighted by Gasteiger charge is 2.34. The lowest BCUT2D eigenvalue weighted by molar-refractivity contribution is -0.384. The minimum Gasteiger partial charge on any atom is -0.352 e. The summed E-state index contributed by atoms with van der Waals surface area (Å²) in [6, 6.07) is 18.3. The topological polar surface area (TPSA) is 130 Å². The Morgan fingerprint density at radius 1 is 1.02 bits per heavy atom. The largest absolute Gasteiger partial charge is 0.352 e. The van der Waals surface area contributed by atoms with Crippen LogP contribution < -0.4 is 9.62 Å². The van der Waals surface area contributed by atoms with Crippen molar-refractivity contribution in [3.05, 3.63) is 106 Å². The average Bonchev–Trinajstić information content (AvgIpc) is 2.94. The van der Waals surface area contributed by atoms with Gasteiger partial charge in [-0.1, -0.05) is 61.5 Å². The van der Waals surface area contributed by atoms with E-state index in [1.807, 2.05) is 19.9 Å². The van der Waals surface area contributed by atoms with Crippen molar-refractivity contribution in [3.8, 4) is 0 Å². The lowest BCUT2D eigenvalue weighted by Gasteiger charge is -2.34. The molecule has 0 aliphatic carbocycles. The van der Waals surface area contributed by atoms with E-state index >= 15 is 0 Å². The zero-order valence-electron chi connectivity index (χ0n) is 23.1. The van der Waals surface area contributed by atoms with Crippen molar-refractivity contribution < 1.29 is 27.3 Å². The summed E-state index contributed by atoms with van der Waals surface area (Å²) in [5.74, 6) is -1.86. The summed E-state index contributed by atoms with van der Waals surface area (Å²) in [5.41, 5.74) is 0.421. The van der Waals surface area contributed by atoms with Crippen LogP contribution in [0.5, 0.6) is 0 Å². The summed E-state index contributed by atoms with van der Waals surface area (Å²) < 4.78 is 41.2. The molecule has 0 bridgehead atoms. The fraction of sp³-hybridized carbons (Fsp3) is 0.310. The summed E-state index contributed by atoms with van der Waals surface area (Å²) >= 11 is 0. The van der Waals surface area contributed by atoms with E-state index in [4.69, 9.17) is 0 Å². The lowest BCUT2D eigenvalue weighted by Crippen LogP contribution is -2.54. The third-order valence-corrected chi connectivity index (χ3v) is 7.72. The first-order chi connectivity index (χ1) is 19.4.